The fourth-order valence-electron chi connectivity index (χ4n) is 1.76. The fraction of sp³-hybridized carbons (Fsp3) is 0. The van der Waals surface area contributed by atoms with Crippen LogP contribution in [0, 0.1) is 0 Å². The van der Waals surface area contributed by atoms with E-state index in [0.717, 1.165) is 5.39 Å². The number of primary amides is 1. The number of carbonyl (C=O) groups excluding carboxylic acids is 1. The van der Waals surface area contributed by atoms with Crippen molar-refractivity contribution in [2.75, 3.05) is 0 Å². The lowest BCUT2D eigenvalue weighted by molar-refractivity contribution is 0.100. The lowest BCUT2D eigenvalue weighted by atomic mass is 10.2. The van der Waals surface area contributed by atoms with E-state index in [-0.39, 0.29) is 0 Å². The smallest absolute Gasteiger partial charge is 0.252 e. The monoisotopic (exact) mass is 247 g/mol. The Morgan fingerprint density at radius 2 is 2.24 bits per heavy atom. The molecular formula is C10H6ClN5O. The number of amides is 1. The van der Waals surface area contributed by atoms with Crippen molar-refractivity contribution >= 4 is 34.1 Å². The molecule has 3 aromatic rings. The van der Waals surface area contributed by atoms with Crippen LogP contribution in [-0.4, -0.2) is 25.5 Å². The van der Waals surface area contributed by atoms with E-state index in [1.54, 1.807) is 18.3 Å². The molecule has 3 aromatic heterocycles. The van der Waals surface area contributed by atoms with Crippen molar-refractivity contribution in [3.8, 4) is 0 Å². The van der Waals surface area contributed by atoms with Gasteiger partial charge in [0.05, 0.1) is 5.56 Å². The van der Waals surface area contributed by atoms with Crippen LogP contribution < -0.4 is 5.73 Å². The van der Waals surface area contributed by atoms with E-state index < -0.39 is 5.91 Å². The normalized spacial score (nSPS) is 11.1. The van der Waals surface area contributed by atoms with Crippen molar-refractivity contribution in [1.29, 1.82) is 0 Å². The first kappa shape index (κ1) is 9.98. The minimum atomic E-state index is -0.558. The van der Waals surface area contributed by atoms with Crippen molar-refractivity contribution < 1.29 is 4.79 Å². The average molecular weight is 248 g/mol. The summed E-state index contributed by atoms with van der Waals surface area (Å²) >= 11 is 6.01. The molecule has 0 unspecified atom stereocenters. The second kappa shape index (κ2) is 3.39. The van der Waals surface area contributed by atoms with E-state index in [4.69, 9.17) is 17.3 Å². The fourth-order valence-corrected chi connectivity index (χ4v) is 2.00. The Morgan fingerprint density at radius 1 is 1.41 bits per heavy atom. The number of rotatable bonds is 1. The predicted octanol–water partition coefficient (Wildman–Crippen LogP) is 1.03. The molecular weight excluding hydrogens is 242 g/mol. The average Bonchev–Trinajstić information content (AvgIpc) is 2.76. The SMILES string of the molecule is NC(=O)c1cc2ccnc(Cl)c2n2ncnc12. The first-order valence-corrected chi connectivity index (χ1v) is 5.13. The number of carbonyl (C=O) groups is 1. The molecule has 0 aromatic carbocycles. The molecule has 1 amide bonds. The molecule has 84 valence electrons. The third-order valence-corrected chi connectivity index (χ3v) is 2.75. The number of nitrogens with two attached hydrogens (primary N) is 1. The van der Waals surface area contributed by atoms with E-state index in [1.807, 2.05) is 0 Å². The van der Waals surface area contributed by atoms with E-state index in [9.17, 15) is 4.79 Å². The first-order valence-electron chi connectivity index (χ1n) is 4.75. The predicted molar refractivity (Wildman–Crippen MR) is 61.8 cm³/mol. The minimum absolute atomic E-state index is 0.300. The summed E-state index contributed by atoms with van der Waals surface area (Å²) in [5.41, 5.74) is 6.58. The number of pyridine rings is 2. The van der Waals surface area contributed by atoms with Gasteiger partial charge in [0.1, 0.15) is 11.8 Å². The molecule has 2 N–H and O–H groups in total. The van der Waals surface area contributed by atoms with Crippen LogP contribution in [0.1, 0.15) is 10.4 Å². The number of hydrogen-bond acceptors (Lipinski definition) is 4. The highest BCUT2D eigenvalue weighted by molar-refractivity contribution is 6.34. The maximum absolute atomic E-state index is 11.3. The maximum Gasteiger partial charge on any atom is 0.252 e. The largest absolute Gasteiger partial charge is 0.365 e. The van der Waals surface area contributed by atoms with E-state index in [0.29, 0.717) is 21.9 Å². The lowest BCUT2D eigenvalue weighted by Crippen LogP contribution is -2.13. The number of fused-ring (bicyclic) bond motifs is 3. The zero-order chi connectivity index (χ0) is 12.0. The summed E-state index contributed by atoms with van der Waals surface area (Å²) in [5, 5.41) is 5.06. The van der Waals surface area contributed by atoms with Crippen LogP contribution in [0.5, 0.6) is 0 Å². The number of aromatic nitrogens is 4. The van der Waals surface area contributed by atoms with Crippen molar-refractivity contribution in [3.63, 3.8) is 0 Å². The van der Waals surface area contributed by atoms with Crippen LogP contribution in [0.3, 0.4) is 0 Å². The van der Waals surface area contributed by atoms with E-state index in [2.05, 4.69) is 15.1 Å². The van der Waals surface area contributed by atoms with Gasteiger partial charge < -0.3 is 5.73 Å². The van der Waals surface area contributed by atoms with Crippen LogP contribution in [0.4, 0.5) is 0 Å². The van der Waals surface area contributed by atoms with Crippen molar-refractivity contribution in [3.05, 3.63) is 35.4 Å². The Morgan fingerprint density at radius 3 is 3.00 bits per heavy atom. The summed E-state index contributed by atoms with van der Waals surface area (Å²) < 4.78 is 1.46. The van der Waals surface area contributed by atoms with Crippen LogP contribution in [0.2, 0.25) is 5.15 Å². The van der Waals surface area contributed by atoms with Crippen LogP contribution in [0.15, 0.2) is 24.7 Å². The maximum atomic E-state index is 11.3. The topological polar surface area (TPSA) is 86.2 Å². The zero-order valence-electron chi connectivity index (χ0n) is 8.46. The molecule has 3 heterocycles. The van der Waals surface area contributed by atoms with Crippen molar-refractivity contribution in [2.24, 2.45) is 5.73 Å². The molecule has 0 fully saturated rings. The van der Waals surface area contributed by atoms with Crippen LogP contribution in [-0.2, 0) is 0 Å². The second-order valence-corrected chi connectivity index (χ2v) is 3.82. The third-order valence-electron chi connectivity index (χ3n) is 2.48. The molecule has 0 aliphatic carbocycles. The summed E-state index contributed by atoms with van der Waals surface area (Å²) in [7, 11) is 0. The molecule has 6 nitrogen and oxygen atoms in total. The molecule has 0 spiro atoms. The van der Waals surface area contributed by atoms with Gasteiger partial charge in [0.2, 0.25) is 0 Å². The Hall–Kier alpha value is -2.21. The second-order valence-electron chi connectivity index (χ2n) is 3.46. The summed E-state index contributed by atoms with van der Waals surface area (Å²) in [6, 6.07) is 3.37. The van der Waals surface area contributed by atoms with Gasteiger partial charge in [-0.2, -0.15) is 5.10 Å². The number of hydrogen-bond donors (Lipinski definition) is 1. The van der Waals surface area contributed by atoms with Gasteiger partial charge in [-0.05, 0) is 12.1 Å². The molecule has 7 heteroatoms. The third kappa shape index (κ3) is 1.34. The van der Waals surface area contributed by atoms with Gasteiger partial charge in [-0.15, -0.1) is 0 Å². The highest BCUT2D eigenvalue weighted by atomic mass is 35.5. The summed E-state index contributed by atoms with van der Waals surface area (Å²) in [4.78, 5) is 19.3. The van der Waals surface area contributed by atoms with Gasteiger partial charge in [0, 0.05) is 11.6 Å². The lowest BCUT2D eigenvalue weighted by Gasteiger charge is -2.05. The minimum Gasteiger partial charge on any atom is -0.365 e. The molecule has 3 rings (SSSR count). The molecule has 0 saturated carbocycles. The summed E-state index contributed by atoms with van der Waals surface area (Å²) in [5.74, 6) is -0.558. The van der Waals surface area contributed by atoms with E-state index in [1.165, 1.54) is 10.8 Å². The Kier molecular flexibility index (Phi) is 1.99. The standard InChI is InChI=1S/C10H6ClN5O/c11-8-7-5(1-2-13-8)3-6(9(12)17)10-14-4-15-16(7)10/h1-4H,(H2,12,17). The molecule has 0 aliphatic heterocycles. The Balaban J connectivity index is 2.61. The highest BCUT2D eigenvalue weighted by Gasteiger charge is 2.14. The Bertz CT molecular complexity index is 751. The van der Waals surface area contributed by atoms with Gasteiger partial charge in [0.15, 0.2) is 10.8 Å². The van der Waals surface area contributed by atoms with Gasteiger partial charge in [0.25, 0.3) is 5.91 Å². The summed E-state index contributed by atoms with van der Waals surface area (Å²) in [6.07, 6.45) is 2.89. The molecule has 17 heavy (non-hydrogen) atoms. The Labute approximate surface area is 100 Å². The van der Waals surface area contributed by atoms with Crippen molar-refractivity contribution in [1.82, 2.24) is 19.6 Å². The first-order chi connectivity index (χ1) is 8.18. The molecule has 0 aliphatic rings. The molecule has 0 atom stereocenters. The molecule has 0 radical (unpaired) electrons. The van der Waals surface area contributed by atoms with Gasteiger partial charge >= 0.3 is 0 Å². The summed E-state index contributed by atoms with van der Waals surface area (Å²) in [6.45, 7) is 0. The van der Waals surface area contributed by atoms with Gasteiger partial charge in [-0.25, -0.2) is 14.5 Å². The van der Waals surface area contributed by atoms with Crippen molar-refractivity contribution in [2.45, 2.75) is 0 Å². The van der Waals surface area contributed by atoms with Crippen LogP contribution >= 0.6 is 11.6 Å². The highest BCUT2D eigenvalue weighted by Crippen LogP contribution is 2.23. The van der Waals surface area contributed by atoms with Crippen LogP contribution in [0.25, 0.3) is 16.6 Å². The van der Waals surface area contributed by atoms with Gasteiger partial charge in [-0.1, -0.05) is 11.6 Å². The van der Waals surface area contributed by atoms with Gasteiger partial charge in [-0.3, -0.25) is 4.79 Å². The zero-order valence-corrected chi connectivity index (χ0v) is 9.22. The number of nitrogens with zero attached hydrogens (tertiary/aromatic N) is 4. The molecule has 0 bridgehead atoms. The quantitative estimate of drug-likeness (QED) is 0.651. The molecule has 0 saturated heterocycles. The van der Waals surface area contributed by atoms with E-state index >= 15 is 0 Å². The number of halogens is 1.